The fraction of sp³-hybridized carbons (Fsp3) is 0.429. The second-order valence-electron chi connectivity index (χ2n) is 7.44. The van der Waals surface area contributed by atoms with E-state index >= 15 is 0 Å². The lowest BCUT2D eigenvalue weighted by molar-refractivity contribution is -0.134. The molecule has 0 bridgehead atoms. The molecule has 2 aromatic rings. The number of fused-ring (bicyclic) bond motifs is 1. The number of hydrogen-bond donors (Lipinski definition) is 0. The van der Waals surface area contributed by atoms with Crippen LogP contribution in [-0.4, -0.2) is 57.8 Å². The molecule has 29 heavy (non-hydrogen) atoms. The maximum atomic E-state index is 13.6. The smallest absolute Gasteiger partial charge is 0.260 e. The monoisotopic (exact) mass is 398 g/mol. The van der Waals surface area contributed by atoms with Crippen LogP contribution in [-0.2, 0) is 22.6 Å². The van der Waals surface area contributed by atoms with Crippen molar-refractivity contribution < 1.29 is 18.7 Å². The fourth-order valence-electron chi connectivity index (χ4n) is 3.79. The molecule has 2 amide bonds. The number of ether oxygens (including phenoxy) is 1. The topological polar surface area (TPSA) is 75.6 Å². The molecule has 2 aliphatic heterocycles. The Morgan fingerprint density at radius 1 is 1.24 bits per heavy atom. The molecule has 0 aliphatic carbocycles. The number of aromatic nitrogens is 2. The fourth-order valence-corrected chi connectivity index (χ4v) is 3.79. The Hall–Kier alpha value is -3.03. The van der Waals surface area contributed by atoms with Crippen LogP contribution >= 0.6 is 0 Å². The zero-order valence-corrected chi connectivity index (χ0v) is 16.3. The second kappa shape index (κ2) is 8.14. The molecule has 0 radical (unpaired) electrons. The predicted molar refractivity (Wildman–Crippen MR) is 103 cm³/mol. The highest BCUT2D eigenvalue weighted by Gasteiger charge is 2.29. The Bertz CT molecular complexity index is 936. The number of carbonyl (C=O) groups is 2. The number of halogens is 1. The van der Waals surface area contributed by atoms with E-state index in [1.165, 1.54) is 12.1 Å². The Balaban J connectivity index is 1.37. The summed E-state index contributed by atoms with van der Waals surface area (Å²) in [6, 6.07) is 6.03. The molecule has 3 heterocycles. The minimum Gasteiger partial charge on any atom is -0.481 e. The van der Waals surface area contributed by atoms with E-state index in [1.807, 2.05) is 4.90 Å². The highest BCUT2D eigenvalue weighted by molar-refractivity contribution is 5.78. The van der Waals surface area contributed by atoms with Crippen LogP contribution in [0.25, 0.3) is 0 Å². The number of nitrogens with zero attached hydrogens (tertiary/aromatic N) is 4. The van der Waals surface area contributed by atoms with Gasteiger partial charge in [0.15, 0.2) is 18.2 Å². The number of likely N-dealkylation sites (tertiary alicyclic amines) is 1. The van der Waals surface area contributed by atoms with E-state index in [2.05, 4.69) is 4.98 Å². The van der Waals surface area contributed by atoms with E-state index in [9.17, 15) is 14.0 Å². The molecule has 1 saturated heterocycles. The van der Waals surface area contributed by atoms with Crippen molar-refractivity contribution in [3.8, 4) is 5.75 Å². The van der Waals surface area contributed by atoms with Gasteiger partial charge in [-0.15, -0.1) is 0 Å². The first-order chi connectivity index (χ1) is 14.0. The standard InChI is InChI=1S/C21H23FN4O3/c1-14(27)25-8-6-15(11-25)21-23-10-16-12-26(9-7-18(16)24-21)20(28)13-29-19-5-3-2-4-17(19)22/h2-5,10,15H,6-9,11-13H2,1H3/t15-/m0/s1. The maximum Gasteiger partial charge on any atom is 0.260 e. The summed E-state index contributed by atoms with van der Waals surface area (Å²) in [5.74, 6) is 0.407. The molecular weight excluding hydrogens is 375 g/mol. The predicted octanol–water partition coefficient (Wildman–Crippen LogP) is 1.92. The number of carbonyl (C=O) groups excluding carboxylic acids is 2. The zero-order valence-electron chi connectivity index (χ0n) is 16.3. The molecule has 1 aromatic heterocycles. The molecule has 0 N–H and O–H groups in total. The molecule has 1 atom stereocenters. The van der Waals surface area contributed by atoms with E-state index in [0.717, 1.165) is 30.0 Å². The first kappa shape index (κ1) is 19.3. The molecule has 4 rings (SSSR count). The van der Waals surface area contributed by atoms with Gasteiger partial charge in [-0.2, -0.15) is 0 Å². The van der Waals surface area contributed by atoms with Gasteiger partial charge in [0, 0.05) is 57.2 Å². The minimum atomic E-state index is -0.486. The lowest BCUT2D eigenvalue weighted by Crippen LogP contribution is -2.39. The molecule has 0 saturated carbocycles. The minimum absolute atomic E-state index is 0.0717. The Morgan fingerprint density at radius 2 is 2.07 bits per heavy atom. The van der Waals surface area contributed by atoms with Crippen LogP contribution in [0.1, 0.15) is 36.3 Å². The van der Waals surface area contributed by atoms with E-state index in [4.69, 9.17) is 9.72 Å². The van der Waals surface area contributed by atoms with Crippen molar-refractivity contribution in [3.05, 3.63) is 53.4 Å². The molecule has 7 nitrogen and oxygen atoms in total. The quantitative estimate of drug-likeness (QED) is 0.787. The van der Waals surface area contributed by atoms with Gasteiger partial charge in [0.05, 0.1) is 5.69 Å². The molecule has 0 spiro atoms. The van der Waals surface area contributed by atoms with Crippen LogP contribution in [0, 0.1) is 5.82 Å². The van der Waals surface area contributed by atoms with E-state index in [-0.39, 0.29) is 30.1 Å². The van der Waals surface area contributed by atoms with Crippen molar-refractivity contribution in [1.29, 1.82) is 0 Å². The number of benzene rings is 1. The summed E-state index contributed by atoms with van der Waals surface area (Å²) in [6.45, 7) is 3.72. The van der Waals surface area contributed by atoms with Gasteiger partial charge in [0.25, 0.3) is 5.91 Å². The molecular formula is C21H23FN4O3. The molecule has 152 valence electrons. The van der Waals surface area contributed by atoms with Crippen LogP contribution in [0.5, 0.6) is 5.75 Å². The highest BCUT2D eigenvalue weighted by Crippen LogP contribution is 2.26. The summed E-state index contributed by atoms with van der Waals surface area (Å²) >= 11 is 0. The van der Waals surface area contributed by atoms with Crippen molar-refractivity contribution >= 4 is 11.8 Å². The lowest BCUT2D eigenvalue weighted by Gasteiger charge is -2.28. The van der Waals surface area contributed by atoms with Crippen molar-refractivity contribution in [2.45, 2.75) is 32.2 Å². The third kappa shape index (κ3) is 4.21. The maximum absolute atomic E-state index is 13.6. The first-order valence-electron chi connectivity index (χ1n) is 9.76. The summed E-state index contributed by atoms with van der Waals surface area (Å²) < 4.78 is 19.0. The van der Waals surface area contributed by atoms with Crippen LogP contribution in [0.4, 0.5) is 4.39 Å². The summed E-state index contributed by atoms with van der Waals surface area (Å²) in [7, 11) is 0. The average Bonchev–Trinajstić information content (AvgIpc) is 3.23. The number of para-hydroxylation sites is 1. The van der Waals surface area contributed by atoms with Crippen molar-refractivity contribution in [2.24, 2.45) is 0 Å². The van der Waals surface area contributed by atoms with Crippen LogP contribution in [0.15, 0.2) is 30.5 Å². The number of hydrogen-bond acceptors (Lipinski definition) is 5. The normalized spacial score (nSPS) is 18.5. The van der Waals surface area contributed by atoms with Crippen LogP contribution < -0.4 is 4.74 Å². The third-order valence-corrected chi connectivity index (χ3v) is 5.49. The molecule has 8 heteroatoms. The van der Waals surface area contributed by atoms with Crippen molar-refractivity contribution in [3.63, 3.8) is 0 Å². The van der Waals surface area contributed by atoms with Gasteiger partial charge in [-0.05, 0) is 18.6 Å². The number of rotatable bonds is 4. The lowest BCUT2D eigenvalue weighted by atomic mass is 10.0. The molecule has 2 aliphatic rings. The van der Waals surface area contributed by atoms with E-state index in [1.54, 1.807) is 30.2 Å². The van der Waals surface area contributed by atoms with Gasteiger partial charge in [0.2, 0.25) is 5.91 Å². The van der Waals surface area contributed by atoms with Gasteiger partial charge in [-0.1, -0.05) is 12.1 Å². The Morgan fingerprint density at radius 3 is 2.83 bits per heavy atom. The average molecular weight is 398 g/mol. The van der Waals surface area contributed by atoms with E-state index < -0.39 is 5.82 Å². The van der Waals surface area contributed by atoms with Crippen molar-refractivity contribution in [1.82, 2.24) is 19.8 Å². The Kier molecular flexibility index (Phi) is 5.42. The van der Waals surface area contributed by atoms with Gasteiger partial charge in [0.1, 0.15) is 5.82 Å². The van der Waals surface area contributed by atoms with Gasteiger partial charge < -0.3 is 14.5 Å². The highest BCUT2D eigenvalue weighted by atomic mass is 19.1. The summed E-state index contributed by atoms with van der Waals surface area (Å²) in [6.07, 6.45) is 3.29. The van der Waals surface area contributed by atoms with Crippen molar-refractivity contribution in [2.75, 3.05) is 26.2 Å². The summed E-state index contributed by atoms with van der Waals surface area (Å²) in [5, 5.41) is 0. The Labute approximate surface area is 168 Å². The van der Waals surface area contributed by atoms with Gasteiger partial charge >= 0.3 is 0 Å². The summed E-state index contributed by atoms with van der Waals surface area (Å²) in [4.78, 5) is 36.7. The SMILES string of the molecule is CC(=O)N1CC[C@H](c2ncc3c(n2)CCN(C(=O)COc2ccccc2F)C3)C1. The zero-order chi connectivity index (χ0) is 20.4. The molecule has 1 aromatic carbocycles. The third-order valence-electron chi connectivity index (χ3n) is 5.49. The molecule has 0 unspecified atom stereocenters. The largest absolute Gasteiger partial charge is 0.481 e. The van der Waals surface area contributed by atoms with Gasteiger partial charge in [-0.3, -0.25) is 9.59 Å². The second-order valence-corrected chi connectivity index (χ2v) is 7.44. The molecule has 1 fully saturated rings. The van der Waals surface area contributed by atoms with E-state index in [0.29, 0.717) is 26.1 Å². The summed E-state index contributed by atoms with van der Waals surface area (Å²) in [5.41, 5.74) is 1.87. The van der Waals surface area contributed by atoms with Crippen LogP contribution in [0.2, 0.25) is 0 Å². The van der Waals surface area contributed by atoms with Gasteiger partial charge in [-0.25, -0.2) is 14.4 Å². The van der Waals surface area contributed by atoms with Crippen LogP contribution in [0.3, 0.4) is 0 Å². The first-order valence-corrected chi connectivity index (χ1v) is 9.76. The number of amides is 2.